The standard InChI is InChI=1S/C27H31Br2ClN4O2/c28-20-12-19-2-1-18-13-21(30)14-22(29)24(18)25(26(19)32-15-20)17-5-9-33(10-6-17)23(35)11-16-3-7-34(8-4-16)27(31)36/h12-17,25H,1-11H2,(H2,31,36)/t25-/m1/s1/i23+2. The van der Waals surface area contributed by atoms with Crippen molar-refractivity contribution in [3.8, 4) is 0 Å². The summed E-state index contributed by atoms with van der Waals surface area (Å²) in [6.07, 6.45) is 7.92. The summed E-state index contributed by atoms with van der Waals surface area (Å²) in [7, 11) is 0. The largest absolute Gasteiger partial charge is 0.351 e. The summed E-state index contributed by atoms with van der Waals surface area (Å²) >= 11 is 13.9. The molecular formula is C27H31Br2ClN4O2. The van der Waals surface area contributed by atoms with Crippen LogP contribution in [-0.4, -0.2) is 52.9 Å². The molecule has 0 saturated carbocycles. The number of halogens is 3. The Morgan fingerprint density at radius 2 is 1.75 bits per heavy atom. The van der Waals surface area contributed by atoms with Crippen LogP contribution in [-0.2, 0) is 17.6 Å². The van der Waals surface area contributed by atoms with Crippen LogP contribution in [0.2, 0.25) is 5.02 Å². The minimum Gasteiger partial charge on any atom is -0.351 e. The van der Waals surface area contributed by atoms with Crippen molar-refractivity contribution in [1.29, 1.82) is 0 Å². The van der Waals surface area contributed by atoms with Crippen molar-refractivity contribution in [3.05, 3.63) is 60.7 Å². The Hall–Kier alpha value is -1.64. The number of benzene rings is 1. The minimum atomic E-state index is -0.362. The van der Waals surface area contributed by atoms with Gasteiger partial charge in [-0.25, -0.2) is 4.79 Å². The first-order valence-corrected chi connectivity index (χ1v) is 14.7. The molecule has 2 N–H and O–H groups in total. The molecule has 1 aliphatic carbocycles. The molecule has 2 fully saturated rings. The first-order chi connectivity index (χ1) is 17.3. The number of nitrogens with two attached hydrogens (primary N) is 1. The van der Waals surface area contributed by atoms with E-state index in [9.17, 15) is 9.59 Å². The Morgan fingerprint density at radius 1 is 1.06 bits per heavy atom. The Kier molecular flexibility index (Phi) is 7.94. The molecule has 2 saturated heterocycles. The Labute approximate surface area is 234 Å². The van der Waals surface area contributed by atoms with E-state index >= 15 is 0 Å². The Balaban J connectivity index is 1.31. The molecular weight excluding hydrogens is 610 g/mol. The van der Waals surface area contributed by atoms with E-state index in [0.29, 0.717) is 31.3 Å². The molecule has 0 radical (unpaired) electrons. The average Bonchev–Trinajstić information content (AvgIpc) is 3.01. The van der Waals surface area contributed by atoms with Gasteiger partial charge in [-0.2, -0.15) is 0 Å². The van der Waals surface area contributed by atoms with Gasteiger partial charge in [0.1, 0.15) is 0 Å². The Morgan fingerprint density at radius 3 is 2.44 bits per heavy atom. The van der Waals surface area contributed by atoms with E-state index in [-0.39, 0.29) is 17.9 Å². The van der Waals surface area contributed by atoms with E-state index in [2.05, 4.69) is 44.0 Å². The van der Waals surface area contributed by atoms with Crippen molar-refractivity contribution in [1.82, 2.24) is 14.8 Å². The van der Waals surface area contributed by atoms with Gasteiger partial charge in [0.25, 0.3) is 0 Å². The van der Waals surface area contributed by atoms with Crippen molar-refractivity contribution >= 4 is 55.4 Å². The number of pyridine rings is 1. The smallest absolute Gasteiger partial charge is 0.314 e. The number of rotatable bonds is 3. The summed E-state index contributed by atoms with van der Waals surface area (Å²) in [5.74, 6) is 1.14. The number of urea groups is 1. The summed E-state index contributed by atoms with van der Waals surface area (Å²) < 4.78 is 2.05. The summed E-state index contributed by atoms with van der Waals surface area (Å²) in [4.78, 5) is 33.2. The number of carbonyl (C=O) groups excluding carboxylic acids is 2. The maximum Gasteiger partial charge on any atom is 0.314 e. The molecule has 0 bridgehead atoms. The van der Waals surface area contributed by atoms with Crippen LogP contribution < -0.4 is 5.73 Å². The van der Waals surface area contributed by atoms with Gasteiger partial charge in [0, 0.05) is 58.7 Å². The summed E-state index contributed by atoms with van der Waals surface area (Å²) in [5.41, 5.74) is 10.4. The highest BCUT2D eigenvalue weighted by Gasteiger charge is 2.36. The molecule has 0 unspecified atom stereocenters. The molecule has 192 valence electrons. The lowest BCUT2D eigenvalue weighted by Gasteiger charge is -2.38. The molecule has 6 nitrogen and oxygen atoms in total. The normalized spacial score (nSPS) is 21.0. The van der Waals surface area contributed by atoms with Gasteiger partial charge >= 0.3 is 6.03 Å². The quantitative estimate of drug-likeness (QED) is 0.453. The predicted octanol–water partition coefficient (Wildman–Crippen LogP) is 5.91. The van der Waals surface area contributed by atoms with E-state index < -0.39 is 0 Å². The molecule has 1 aromatic heterocycles. The third kappa shape index (κ3) is 5.46. The number of amides is 3. The molecule has 9 heteroatoms. The summed E-state index contributed by atoms with van der Waals surface area (Å²) in [5, 5.41) is 0.751. The number of primary amides is 1. The van der Waals surface area contributed by atoms with Gasteiger partial charge in [-0.3, -0.25) is 9.78 Å². The number of hydrogen-bond donors (Lipinski definition) is 1. The number of aryl methyl sites for hydroxylation is 2. The zero-order valence-electron chi connectivity index (χ0n) is 20.2. The van der Waals surface area contributed by atoms with Crippen LogP contribution in [0.5, 0.6) is 0 Å². The van der Waals surface area contributed by atoms with Crippen LogP contribution in [0.15, 0.2) is 33.3 Å². The predicted molar refractivity (Wildman–Crippen MR) is 148 cm³/mol. The van der Waals surface area contributed by atoms with Gasteiger partial charge in [-0.1, -0.05) is 27.5 Å². The fraction of sp³-hybridized carbons (Fsp3) is 0.519. The zero-order valence-corrected chi connectivity index (χ0v) is 24.1. The fourth-order valence-corrected chi connectivity index (χ4v) is 7.75. The van der Waals surface area contributed by atoms with E-state index in [1.165, 1.54) is 16.7 Å². The maximum absolute atomic E-state index is 13.1. The van der Waals surface area contributed by atoms with E-state index in [0.717, 1.165) is 71.3 Å². The Bertz CT molecular complexity index is 1160. The van der Waals surface area contributed by atoms with Crippen LogP contribution >= 0.6 is 43.5 Å². The highest BCUT2D eigenvalue weighted by Crippen LogP contribution is 2.46. The van der Waals surface area contributed by atoms with Crippen LogP contribution in [0.25, 0.3) is 0 Å². The highest BCUT2D eigenvalue weighted by molar-refractivity contribution is 9.10. The second-order valence-corrected chi connectivity index (χ2v) is 12.5. The van der Waals surface area contributed by atoms with Crippen LogP contribution in [0.4, 0.5) is 4.79 Å². The van der Waals surface area contributed by atoms with Gasteiger partial charge in [0.2, 0.25) is 5.91 Å². The van der Waals surface area contributed by atoms with Crippen LogP contribution in [0.3, 0.4) is 0 Å². The monoisotopic (exact) mass is 638 g/mol. The van der Waals surface area contributed by atoms with Crippen molar-refractivity contribution in [2.45, 2.75) is 50.9 Å². The lowest BCUT2D eigenvalue weighted by atomic mass is 9.76. The molecule has 0 spiro atoms. The van der Waals surface area contributed by atoms with E-state index in [1.807, 2.05) is 17.2 Å². The van der Waals surface area contributed by atoms with E-state index in [1.54, 1.807) is 4.90 Å². The van der Waals surface area contributed by atoms with Gasteiger partial charge < -0.3 is 15.5 Å². The van der Waals surface area contributed by atoms with Crippen molar-refractivity contribution in [3.63, 3.8) is 0 Å². The van der Waals surface area contributed by atoms with Gasteiger partial charge in [0.15, 0.2) is 0 Å². The zero-order chi connectivity index (χ0) is 25.4. The SMILES string of the molecule is NC(=O)N1CCC(C[14C](=O)N2CCC([C@H]3c4ncc(Br)cc4CCc4cc(Cl)cc(Br)c43)CC2)CC1. The molecule has 3 heterocycles. The molecule has 5 rings (SSSR count). The number of piperidine rings is 2. The molecule has 3 aliphatic rings. The molecule has 3 amide bonds. The lowest BCUT2D eigenvalue weighted by Crippen LogP contribution is -2.44. The van der Waals surface area contributed by atoms with Crippen molar-refractivity contribution < 1.29 is 9.59 Å². The fourth-order valence-electron chi connectivity index (χ4n) is 6.25. The third-order valence-electron chi connectivity index (χ3n) is 8.17. The summed E-state index contributed by atoms with van der Waals surface area (Å²) in [6, 6.07) is 5.95. The minimum absolute atomic E-state index is 0.174. The third-order valence-corrected chi connectivity index (χ3v) is 9.48. The highest BCUT2D eigenvalue weighted by atomic mass is 79.9. The second kappa shape index (κ2) is 11.0. The van der Waals surface area contributed by atoms with Crippen molar-refractivity contribution in [2.24, 2.45) is 17.6 Å². The molecule has 36 heavy (non-hydrogen) atoms. The number of likely N-dealkylation sites (tertiary alicyclic amines) is 2. The number of hydrogen-bond acceptors (Lipinski definition) is 3. The van der Waals surface area contributed by atoms with E-state index in [4.69, 9.17) is 22.3 Å². The first kappa shape index (κ1) is 26.0. The average molecular weight is 641 g/mol. The number of nitrogens with zero attached hydrogens (tertiary/aromatic N) is 3. The first-order valence-electron chi connectivity index (χ1n) is 12.7. The van der Waals surface area contributed by atoms with Gasteiger partial charge in [-0.15, -0.1) is 0 Å². The number of fused-ring (bicyclic) bond motifs is 2. The molecule has 1 aromatic carbocycles. The van der Waals surface area contributed by atoms with Gasteiger partial charge in [-0.05, 0) is 101 Å². The van der Waals surface area contributed by atoms with Crippen LogP contribution in [0.1, 0.15) is 60.4 Å². The topological polar surface area (TPSA) is 79.5 Å². The number of aromatic nitrogens is 1. The van der Waals surface area contributed by atoms with Crippen molar-refractivity contribution in [2.75, 3.05) is 26.2 Å². The molecule has 2 aliphatic heterocycles. The maximum atomic E-state index is 13.1. The summed E-state index contributed by atoms with van der Waals surface area (Å²) in [6.45, 7) is 2.84. The second-order valence-electron chi connectivity index (χ2n) is 10.3. The lowest BCUT2D eigenvalue weighted by molar-refractivity contribution is -0.134. The molecule has 2 aromatic rings. The number of carbonyl (C=O) groups is 2. The van der Waals surface area contributed by atoms with Crippen LogP contribution in [0, 0.1) is 11.8 Å². The van der Waals surface area contributed by atoms with Gasteiger partial charge in [0.05, 0.1) is 5.69 Å². The molecule has 1 atom stereocenters.